The summed E-state index contributed by atoms with van der Waals surface area (Å²) >= 11 is 5.64. The second kappa shape index (κ2) is 12.6. The van der Waals surface area contributed by atoms with Gasteiger partial charge in [-0.25, -0.2) is 0 Å². The van der Waals surface area contributed by atoms with Crippen LogP contribution in [0.4, 0.5) is 5.69 Å². The van der Waals surface area contributed by atoms with Gasteiger partial charge in [0.2, 0.25) is 11.0 Å². The Morgan fingerprint density at radius 3 is 2.52 bits per heavy atom. The van der Waals surface area contributed by atoms with Crippen molar-refractivity contribution in [3.63, 3.8) is 0 Å². The molecule has 1 aliphatic carbocycles. The maximum atomic E-state index is 11.4. The summed E-state index contributed by atoms with van der Waals surface area (Å²) in [5.41, 5.74) is -0.414. The Balaban J connectivity index is 0.000000337. The molecule has 1 aromatic heterocycles. The Kier molecular flexibility index (Phi) is 10.9. The molecule has 1 heterocycles. The van der Waals surface area contributed by atoms with Crippen molar-refractivity contribution >= 4 is 23.1 Å². The fourth-order valence-corrected chi connectivity index (χ4v) is 3.26. The number of carbonyl (C=O) groups is 1. The Hall–Kier alpha value is -1.73. The predicted octanol–water partition coefficient (Wildman–Crippen LogP) is 5.24. The molecule has 1 fully saturated rings. The maximum Gasteiger partial charge on any atom is 0.307 e. The van der Waals surface area contributed by atoms with Gasteiger partial charge in [0.15, 0.2) is 5.78 Å². The minimum atomic E-state index is -0.708. The van der Waals surface area contributed by atoms with Crippen molar-refractivity contribution in [2.45, 2.75) is 58.8 Å². The van der Waals surface area contributed by atoms with Gasteiger partial charge < -0.3 is 9.47 Å². The third kappa shape index (κ3) is 8.22. The summed E-state index contributed by atoms with van der Waals surface area (Å²) in [5, 5.41) is 10.4. The zero-order chi connectivity index (χ0) is 20.2. The zero-order valence-corrected chi connectivity index (χ0v) is 17.1. The van der Waals surface area contributed by atoms with Crippen LogP contribution in [0.15, 0.2) is 6.07 Å². The van der Waals surface area contributed by atoms with E-state index >= 15 is 0 Å². The van der Waals surface area contributed by atoms with Crippen molar-refractivity contribution < 1.29 is 19.2 Å². The SMILES string of the molecule is CCCC1CCCCC1.COCCOc1nc(Cl)c([N+](=O)[O-])cc1C(C)=O. The lowest BCUT2D eigenvalue weighted by Crippen LogP contribution is -2.10. The summed E-state index contributed by atoms with van der Waals surface area (Å²) in [5.74, 6) is 0.675. The number of aromatic nitrogens is 1. The summed E-state index contributed by atoms with van der Waals surface area (Å²) in [6, 6.07) is 1.06. The van der Waals surface area contributed by atoms with E-state index < -0.39 is 16.4 Å². The minimum Gasteiger partial charge on any atom is -0.475 e. The smallest absolute Gasteiger partial charge is 0.307 e. The molecule has 1 aromatic rings. The number of hydrogen-bond acceptors (Lipinski definition) is 6. The number of rotatable bonds is 8. The third-order valence-corrected chi connectivity index (χ3v) is 4.72. The molecule has 2 rings (SSSR count). The number of hydrogen-bond donors (Lipinski definition) is 0. The van der Waals surface area contributed by atoms with Crippen LogP contribution in [0.25, 0.3) is 0 Å². The summed E-state index contributed by atoms with van der Waals surface area (Å²) in [4.78, 5) is 25.1. The van der Waals surface area contributed by atoms with Crippen molar-refractivity contribution in [1.82, 2.24) is 4.98 Å². The van der Waals surface area contributed by atoms with Gasteiger partial charge in [-0.05, 0) is 12.8 Å². The summed E-state index contributed by atoms with van der Waals surface area (Å²) in [7, 11) is 1.49. The number of methoxy groups -OCH3 is 1. The van der Waals surface area contributed by atoms with Crippen molar-refractivity contribution in [2.75, 3.05) is 20.3 Å². The fraction of sp³-hybridized carbons (Fsp3) is 0.684. The van der Waals surface area contributed by atoms with Crippen LogP contribution in [0.5, 0.6) is 5.88 Å². The lowest BCUT2D eigenvalue weighted by atomic mass is 9.86. The minimum absolute atomic E-state index is 0.0159. The van der Waals surface area contributed by atoms with Gasteiger partial charge in [0, 0.05) is 13.2 Å². The predicted molar refractivity (Wildman–Crippen MR) is 105 cm³/mol. The van der Waals surface area contributed by atoms with Gasteiger partial charge in [-0.2, -0.15) is 4.98 Å². The molecule has 0 spiro atoms. The molecule has 0 bridgehead atoms. The molecule has 0 aliphatic heterocycles. The molecule has 152 valence electrons. The molecule has 1 aliphatic rings. The highest BCUT2D eigenvalue weighted by Crippen LogP contribution is 2.29. The topological polar surface area (TPSA) is 91.6 Å². The standard InChI is InChI=1S/C10H11ClN2O5.C9H18/c1-6(14)7-5-8(13(15)16)9(11)12-10(7)18-4-3-17-2;1-2-6-9-7-4-3-5-8-9/h5H,3-4H2,1-2H3;9H,2-8H2,1H3. The van der Waals surface area contributed by atoms with E-state index in [1.165, 1.54) is 59.0 Å². The van der Waals surface area contributed by atoms with E-state index in [0.29, 0.717) is 6.61 Å². The molecule has 1 saturated carbocycles. The molecule has 0 N–H and O–H groups in total. The largest absolute Gasteiger partial charge is 0.475 e. The second-order valence-electron chi connectivity index (χ2n) is 6.60. The van der Waals surface area contributed by atoms with Gasteiger partial charge in [-0.1, -0.05) is 63.5 Å². The Labute approximate surface area is 165 Å². The van der Waals surface area contributed by atoms with Crippen molar-refractivity contribution in [3.05, 3.63) is 26.9 Å². The number of ketones is 1. The first-order chi connectivity index (χ1) is 12.9. The molecule has 0 amide bonds. The van der Waals surface area contributed by atoms with Crippen molar-refractivity contribution in [3.8, 4) is 5.88 Å². The maximum absolute atomic E-state index is 11.4. The number of carbonyl (C=O) groups excluding carboxylic acids is 1. The molecular weight excluding hydrogens is 372 g/mol. The van der Waals surface area contributed by atoms with Gasteiger partial charge in [-0.3, -0.25) is 14.9 Å². The van der Waals surface area contributed by atoms with Gasteiger partial charge in [0.05, 0.1) is 17.1 Å². The molecule has 0 atom stereocenters. The Morgan fingerprint density at radius 1 is 1.33 bits per heavy atom. The normalized spacial score (nSPS) is 14.2. The van der Waals surface area contributed by atoms with Crippen LogP contribution in [0.1, 0.15) is 69.2 Å². The lowest BCUT2D eigenvalue weighted by molar-refractivity contribution is -0.385. The number of pyridine rings is 1. The molecule has 8 heteroatoms. The number of Topliss-reactive ketones (excluding diaryl/α,β-unsaturated/α-hetero) is 1. The van der Waals surface area contributed by atoms with E-state index in [2.05, 4.69) is 11.9 Å². The first-order valence-corrected chi connectivity index (χ1v) is 9.76. The molecule has 7 nitrogen and oxygen atoms in total. The van der Waals surface area contributed by atoms with E-state index in [0.717, 1.165) is 12.0 Å². The Morgan fingerprint density at radius 2 is 2.00 bits per heavy atom. The van der Waals surface area contributed by atoms with Crippen LogP contribution in [0.3, 0.4) is 0 Å². The Bertz CT molecular complexity index is 616. The first-order valence-electron chi connectivity index (χ1n) is 9.38. The van der Waals surface area contributed by atoms with Crippen LogP contribution in [-0.2, 0) is 4.74 Å². The number of halogens is 1. The van der Waals surface area contributed by atoms with Crippen LogP contribution in [-0.4, -0.2) is 36.0 Å². The number of nitro groups is 1. The summed E-state index contributed by atoms with van der Waals surface area (Å²) in [6.45, 7) is 4.03. The average Bonchev–Trinajstić information content (AvgIpc) is 2.63. The summed E-state index contributed by atoms with van der Waals surface area (Å²) in [6.07, 6.45) is 10.4. The average molecular weight is 401 g/mol. The van der Waals surface area contributed by atoms with Gasteiger partial charge in [-0.15, -0.1) is 0 Å². The van der Waals surface area contributed by atoms with Gasteiger partial charge in [0.25, 0.3) is 0 Å². The van der Waals surface area contributed by atoms with Gasteiger partial charge in [0.1, 0.15) is 6.61 Å². The molecule has 0 aromatic carbocycles. The first kappa shape index (κ1) is 23.3. The fourth-order valence-electron chi connectivity index (χ4n) is 3.06. The number of nitrogens with zero attached hydrogens (tertiary/aromatic N) is 2. The van der Waals surface area contributed by atoms with E-state index in [4.69, 9.17) is 21.1 Å². The van der Waals surface area contributed by atoms with E-state index in [9.17, 15) is 14.9 Å². The molecule has 0 saturated heterocycles. The zero-order valence-electron chi connectivity index (χ0n) is 16.3. The van der Waals surface area contributed by atoms with E-state index in [-0.39, 0.29) is 23.2 Å². The monoisotopic (exact) mass is 400 g/mol. The summed E-state index contributed by atoms with van der Waals surface area (Å²) < 4.78 is 9.97. The molecule has 0 unspecified atom stereocenters. The quantitative estimate of drug-likeness (QED) is 0.195. The van der Waals surface area contributed by atoms with Gasteiger partial charge >= 0.3 is 5.69 Å². The molecule has 27 heavy (non-hydrogen) atoms. The van der Waals surface area contributed by atoms with Crippen LogP contribution in [0, 0.1) is 16.0 Å². The van der Waals surface area contributed by atoms with E-state index in [1.54, 1.807) is 0 Å². The molecular formula is C19H29ClN2O5. The lowest BCUT2D eigenvalue weighted by Gasteiger charge is -2.20. The van der Waals surface area contributed by atoms with Crippen molar-refractivity contribution in [2.24, 2.45) is 5.92 Å². The highest BCUT2D eigenvalue weighted by Gasteiger charge is 2.21. The second-order valence-corrected chi connectivity index (χ2v) is 6.96. The highest BCUT2D eigenvalue weighted by atomic mass is 35.5. The molecule has 0 radical (unpaired) electrons. The van der Waals surface area contributed by atoms with Crippen LogP contribution < -0.4 is 4.74 Å². The van der Waals surface area contributed by atoms with Crippen LogP contribution >= 0.6 is 11.6 Å². The third-order valence-electron chi connectivity index (χ3n) is 4.45. The number of ether oxygens (including phenoxy) is 2. The van der Waals surface area contributed by atoms with E-state index in [1.807, 2.05) is 0 Å². The van der Waals surface area contributed by atoms with Crippen LogP contribution in [0.2, 0.25) is 5.15 Å². The highest BCUT2D eigenvalue weighted by molar-refractivity contribution is 6.31. The van der Waals surface area contributed by atoms with Crippen molar-refractivity contribution in [1.29, 1.82) is 0 Å².